The summed E-state index contributed by atoms with van der Waals surface area (Å²) >= 11 is 5.67. The Bertz CT molecular complexity index is 815. The Morgan fingerprint density at radius 1 is 1.42 bits per heavy atom. The zero-order chi connectivity index (χ0) is 18.2. The Hall–Kier alpha value is -1.78. The molecule has 132 valence electrons. The zero-order valence-corrected chi connectivity index (χ0v) is 13.9. The number of rotatable bonds is 4. The third-order valence-electron chi connectivity index (χ3n) is 3.53. The lowest BCUT2D eigenvalue weighted by Crippen LogP contribution is -2.31. The Balaban J connectivity index is 2.46. The number of nitrogens with one attached hydrogen (secondary N) is 1. The summed E-state index contributed by atoms with van der Waals surface area (Å²) in [6, 6.07) is 0.602. The van der Waals surface area contributed by atoms with Crippen LogP contribution in [0.3, 0.4) is 0 Å². The molecule has 2 rings (SSSR count). The van der Waals surface area contributed by atoms with Crippen molar-refractivity contribution in [2.45, 2.75) is 18.2 Å². The summed E-state index contributed by atoms with van der Waals surface area (Å²) < 4.78 is 54.1. The maximum atomic E-state index is 14.3. The highest BCUT2D eigenvalue weighted by molar-refractivity contribution is 7.89. The number of carboxylic acids is 1. The van der Waals surface area contributed by atoms with Crippen molar-refractivity contribution in [1.82, 2.24) is 4.31 Å². The van der Waals surface area contributed by atoms with Gasteiger partial charge in [-0.25, -0.2) is 17.2 Å². The topological polar surface area (TPSA) is 104 Å². The summed E-state index contributed by atoms with van der Waals surface area (Å²) in [5.41, 5.74) is -0.400. The normalized spacial score (nSPS) is 18.6. The average molecular weight is 383 g/mol. The molecule has 1 unspecified atom stereocenters. The highest BCUT2D eigenvalue weighted by Gasteiger charge is 2.39. The molecule has 0 aromatic heterocycles. The van der Waals surface area contributed by atoms with E-state index in [1.54, 1.807) is 0 Å². The molecule has 24 heavy (non-hydrogen) atoms. The van der Waals surface area contributed by atoms with E-state index < -0.39 is 55.1 Å². The number of carboxylic acid groups (broad SMARTS) is 1. The molecule has 0 saturated carbocycles. The maximum absolute atomic E-state index is 14.3. The highest BCUT2D eigenvalue weighted by Crippen LogP contribution is 2.35. The molecule has 1 aromatic carbocycles. The van der Waals surface area contributed by atoms with Gasteiger partial charge in [0.1, 0.15) is 10.8 Å². The Labute approximate surface area is 141 Å². The van der Waals surface area contributed by atoms with Gasteiger partial charge in [-0.2, -0.15) is 4.31 Å². The van der Waals surface area contributed by atoms with Crippen LogP contribution in [0.2, 0.25) is 5.02 Å². The second-order valence-electron chi connectivity index (χ2n) is 5.23. The molecule has 11 heteroatoms. The van der Waals surface area contributed by atoms with Gasteiger partial charge in [0.2, 0.25) is 15.9 Å². The van der Waals surface area contributed by atoms with Crippen LogP contribution in [0.4, 0.5) is 14.5 Å². The summed E-state index contributed by atoms with van der Waals surface area (Å²) in [6.45, 7) is 0.526. The van der Waals surface area contributed by atoms with E-state index in [9.17, 15) is 26.8 Å². The van der Waals surface area contributed by atoms with Gasteiger partial charge in [-0.05, 0) is 6.42 Å². The molecule has 1 atom stereocenters. The standard InChI is InChI=1S/C13H13ClF2N2O5S/c1-6(19)17-9-4-8(15)12(11(16)10(9)14)24(22,23)18-3-2-7(5-18)13(20)21/h4,7H,2-3,5H2,1H3,(H,17,19)(H,20,21). The number of hydrogen-bond donors (Lipinski definition) is 2. The fourth-order valence-corrected chi connectivity index (χ4v) is 4.24. The predicted octanol–water partition coefficient (Wildman–Crippen LogP) is 1.67. The van der Waals surface area contributed by atoms with Crippen molar-refractivity contribution in [3.8, 4) is 0 Å². The van der Waals surface area contributed by atoms with E-state index in [1.807, 2.05) is 0 Å². The van der Waals surface area contributed by atoms with Gasteiger partial charge in [0.05, 0.1) is 11.6 Å². The first kappa shape index (κ1) is 18.6. The number of sulfonamides is 1. The maximum Gasteiger partial charge on any atom is 0.307 e. The molecule has 1 aromatic rings. The van der Waals surface area contributed by atoms with E-state index in [2.05, 4.69) is 5.32 Å². The summed E-state index contributed by atoms with van der Waals surface area (Å²) in [7, 11) is -4.61. The third-order valence-corrected chi connectivity index (χ3v) is 5.80. The predicted molar refractivity (Wildman–Crippen MR) is 80.2 cm³/mol. The Morgan fingerprint density at radius 3 is 2.54 bits per heavy atom. The first-order valence-electron chi connectivity index (χ1n) is 6.73. The second-order valence-corrected chi connectivity index (χ2v) is 7.48. The molecule has 1 amide bonds. The highest BCUT2D eigenvalue weighted by atomic mass is 35.5. The van der Waals surface area contributed by atoms with E-state index in [-0.39, 0.29) is 19.5 Å². The van der Waals surface area contributed by atoms with Crippen LogP contribution in [0.15, 0.2) is 11.0 Å². The smallest absolute Gasteiger partial charge is 0.307 e. The van der Waals surface area contributed by atoms with Crippen LogP contribution in [-0.2, 0) is 19.6 Å². The van der Waals surface area contributed by atoms with E-state index in [1.165, 1.54) is 0 Å². The molecule has 0 spiro atoms. The Morgan fingerprint density at radius 2 is 2.04 bits per heavy atom. The van der Waals surface area contributed by atoms with Crippen LogP contribution < -0.4 is 5.32 Å². The number of amides is 1. The Kier molecular flexibility index (Phi) is 5.11. The fraction of sp³-hybridized carbons (Fsp3) is 0.385. The van der Waals surface area contributed by atoms with Crippen LogP contribution in [0.1, 0.15) is 13.3 Å². The van der Waals surface area contributed by atoms with Gasteiger partial charge in [0.25, 0.3) is 0 Å². The number of hydrogen-bond acceptors (Lipinski definition) is 4. The van der Waals surface area contributed by atoms with Crippen LogP contribution in [-0.4, -0.2) is 42.8 Å². The monoisotopic (exact) mass is 382 g/mol. The van der Waals surface area contributed by atoms with Gasteiger partial charge < -0.3 is 10.4 Å². The number of carbonyl (C=O) groups excluding carboxylic acids is 1. The van der Waals surface area contributed by atoms with E-state index in [0.717, 1.165) is 6.92 Å². The largest absolute Gasteiger partial charge is 0.481 e. The minimum atomic E-state index is -4.61. The summed E-state index contributed by atoms with van der Waals surface area (Å²) in [5.74, 6) is -5.75. The van der Waals surface area contributed by atoms with Crippen molar-refractivity contribution in [3.05, 3.63) is 22.7 Å². The molecule has 0 radical (unpaired) electrons. The van der Waals surface area contributed by atoms with Crippen molar-refractivity contribution in [2.75, 3.05) is 18.4 Å². The molecule has 0 bridgehead atoms. The van der Waals surface area contributed by atoms with Gasteiger partial charge in [-0.15, -0.1) is 0 Å². The van der Waals surface area contributed by atoms with Crippen molar-refractivity contribution >= 4 is 39.2 Å². The van der Waals surface area contributed by atoms with Crippen LogP contribution in [0.5, 0.6) is 0 Å². The van der Waals surface area contributed by atoms with Gasteiger partial charge in [-0.3, -0.25) is 9.59 Å². The average Bonchev–Trinajstić information content (AvgIpc) is 2.94. The SMILES string of the molecule is CC(=O)Nc1cc(F)c(S(=O)(=O)N2CCC(C(=O)O)C2)c(F)c1Cl. The van der Waals surface area contributed by atoms with Crippen LogP contribution in [0.25, 0.3) is 0 Å². The first-order chi connectivity index (χ1) is 11.1. The summed E-state index contributed by atoms with van der Waals surface area (Å²) in [6.07, 6.45) is 0.0372. The van der Waals surface area contributed by atoms with E-state index >= 15 is 0 Å². The zero-order valence-electron chi connectivity index (χ0n) is 12.3. The molecule has 7 nitrogen and oxygen atoms in total. The fourth-order valence-electron chi connectivity index (χ4n) is 2.37. The lowest BCUT2D eigenvalue weighted by Gasteiger charge is -2.18. The number of aliphatic carboxylic acids is 1. The number of halogens is 3. The van der Waals surface area contributed by atoms with Gasteiger partial charge >= 0.3 is 5.97 Å². The molecule has 1 aliphatic rings. The number of carbonyl (C=O) groups is 2. The first-order valence-corrected chi connectivity index (χ1v) is 8.55. The second kappa shape index (κ2) is 6.61. The number of benzene rings is 1. The lowest BCUT2D eigenvalue weighted by molar-refractivity contribution is -0.141. The van der Waals surface area contributed by atoms with Gasteiger partial charge in [0, 0.05) is 26.1 Å². The van der Waals surface area contributed by atoms with Gasteiger partial charge in [0.15, 0.2) is 10.7 Å². The van der Waals surface area contributed by atoms with E-state index in [0.29, 0.717) is 10.4 Å². The molecule has 1 saturated heterocycles. The molecule has 1 aliphatic heterocycles. The summed E-state index contributed by atoms with van der Waals surface area (Å²) in [5, 5.41) is 10.2. The summed E-state index contributed by atoms with van der Waals surface area (Å²) in [4.78, 5) is 20.6. The molecular weight excluding hydrogens is 370 g/mol. The third kappa shape index (κ3) is 3.35. The van der Waals surface area contributed by atoms with Crippen LogP contribution in [0, 0.1) is 17.6 Å². The van der Waals surface area contributed by atoms with Crippen LogP contribution >= 0.6 is 11.6 Å². The molecule has 1 fully saturated rings. The van der Waals surface area contributed by atoms with Crippen molar-refractivity contribution in [2.24, 2.45) is 5.92 Å². The van der Waals surface area contributed by atoms with Crippen molar-refractivity contribution < 1.29 is 31.9 Å². The minimum Gasteiger partial charge on any atom is -0.481 e. The molecule has 2 N–H and O–H groups in total. The van der Waals surface area contributed by atoms with Gasteiger partial charge in [-0.1, -0.05) is 11.6 Å². The molecule has 0 aliphatic carbocycles. The molecule has 1 heterocycles. The van der Waals surface area contributed by atoms with Crippen molar-refractivity contribution in [3.63, 3.8) is 0 Å². The minimum absolute atomic E-state index is 0.0372. The quantitative estimate of drug-likeness (QED) is 0.771. The van der Waals surface area contributed by atoms with E-state index in [4.69, 9.17) is 16.7 Å². The number of anilines is 1. The molecular formula is C13H13ClF2N2O5S. The lowest BCUT2D eigenvalue weighted by atomic mass is 10.1. The van der Waals surface area contributed by atoms with Crippen molar-refractivity contribution in [1.29, 1.82) is 0 Å². The number of nitrogens with zero attached hydrogens (tertiary/aromatic N) is 1.